The highest BCUT2D eigenvalue weighted by molar-refractivity contribution is 6.69. The van der Waals surface area contributed by atoms with Crippen LogP contribution in [0.3, 0.4) is 0 Å². The maximum atomic E-state index is 9.66. The number of pyridine rings is 1. The third-order valence-electron chi connectivity index (χ3n) is 3.96. The number of methoxy groups -OCH3 is 1. The van der Waals surface area contributed by atoms with E-state index in [2.05, 4.69) is 35.8 Å². The molecule has 0 aliphatic carbocycles. The zero-order valence-electron chi connectivity index (χ0n) is 15.7. The van der Waals surface area contributed by atoms with Crippen LogP contribution in [0.15, 0.2) is 36.7 Å². The summed E-state index contributed by atoms with van der Waals surface area (Å²) in [5.41, 5.74) is 3.13. The van der Waals surface area contributed by atoms with Crippen molar-refractivity contribution in [3.8, 4) is 11.8 Å². The first-order valence-electron chi connectivity index (χ1n) is 8.52. The van der Waals surface area contributed by atoms with Crippen molar-refractivity contribution in [3.63, 3.8) is 0 Å². The van der Waals surface area contributed by atoms with Gasteiger partial charge in [-0.15, -0.1) is 0 Å². The number of ether oxygens (including phenoxy) is 1. The maximum absolute atomic E-state index is 9.66. The molecule has 0 saturated carbocycles. The first-order chi connectivity index (χ1) is 12.8. The van der Waals surface area contributed by atoms with E-state index in [9.17, 15) is 5.26 Å². The Morgan fingerprint density at radius 3 is 2.74 bits per heavy atom. The Kier molecular flexibility index (Phi) is 5.63. The van der Waals surface area contributed by atoms with Crippen LogP contribution in [-0.2, 0) is 15.8 Å². The van der Waals surface area contributed by atoms with Gasteiger partial charge in [0.15, 0.2) is 14.4 Å². The zero-order valence-corrected chi connectivity index (χ0v) is 17.5. The fourth-order valence-electron chi connectivity index (χ4n) is 2.90. The third kappa shape index (κ3) is 4.20. The number of hydrogen-bond acceptors (Lipinski definition) is 5. The van der Waals surface area contributed by atoms with Gasteiger partial charge in [0.2, 0.25) is 0 Å². The molecule has 0 amide bonds. The van der Waals surface area contributed by atoms with E-state index in [0.29, 0.717) is 11.6 Å². The second-order valence-corrected chi connectivity index (χ2v) is 12.0. The summed E-state index contributed by atoms with van der Waals surface area (Å²) in [7, 11) is -0.298. The number of rotatable bonds is 6. The average molecular weight is 401 g/mol. The molecular weight excluding hydrogens is 380 g/mol. The Morgan fingerprint density at radius 1 is 1.30 bits per heavy atom. The summed E-state index contributed by atoms with van der Waals surface area (Å²) in [5.74, 6) is 0. The van der Waals surface area contributed by atoms with E-state index < -0.39 is 14.4 Å². The number of aromatic nitrogens is 3. The molecule has 1 atom stereocenters. The molecule has 3 rings (SSSR count). The molecule has 0 aliphatic heterocycles. The molecule has 8 heteroatoms. The van der Waals surface area contributed by atoms with Crippen molar-refractivity contribution in [2.45, 2.75) is 32.4 Å². The summed E-state index contributed by atoms with van der Waals surface area (Å²) in [6.07, 6.45) is 2.72. The van der Waals surface area contributed by atoms with Gasteiger partial charge in [0.05, 0.1) is 35.8 Å². The lowest BCUT2D eigenvalue weighted by molar-refractivity contribution is 0.174. The summed E-state index contributed by atoms with van der Waals surface area (Å²) >= 11 is 6.09. The molecule has 1 unspecified atom stereocenters. The minimum Gasteiger partial charge on any atom is -0.399 e. The van der Waals surface area contributed by atoms with Crippen molar-refractivity contribution in [2.24, 2.45) is 0 Å². The summed E-state index contributed by atoms with van der Waals surface area (Å²) in [6, 6.07) is 9.69. The van der Waals surface area contributed by atoms with E-state index >= 15 is 0 Å². The molecule has 6 nitrogen and oxygen atoms in total. The van der Waals surface area contributed by atoms with Gasteiger partial charge in [-0.3, -0.25) is 4.98 Å². The van der Waals surface area contributed by atoms with Crippen LogP contribution in [0.4, 0.5) is 0 Å². The van der Waals surface area contributed by atoms with Gasteiger partial charge in [0.1, 0.15) is 0 Å². The van der Waals surface area contributed by atoms with Gasteiger partial charge >= 0.3 is 0 Å². The van der Waals surface area contributed by atoms with Crippen LogP contribution < -0.4 is 0 Å². The van der Waals surface area contributed by atoms with Crippen molar-refractivity contribution in [1.29, 1.82) is 5.26 Å². The van der Waals surface area contributed by atoms with Crippen LogP contribution in [-0.4, -0.2) is 30.2 Å². The number of halogens is 1. The van der Waals surface area contributed by atoms with E-state index in [-0.39, 0.29) is 0 Å². The Labute approximate surface area is 164 Å². The van der Waals surface area contributed by atoms with Crippen molar-refractivity contribution >= 4 is 30.8 Å². The predicted octanol–water partition coefficient (Wildman–Crippen LogP) is 4.64. The quantitative estimate of drug-likeness (QED) is 0.563. The Morgan fingerprint density at radius 2 is 2.07 bits per heavy atom. The molecule has 140 valence electrons. The van der Waals surface area contributed by atoms with Gasteiger partial charge in [0.25, 0.3) is 0 Å². The number of hydrogen-bond donors (Lipinski definition) is 0. The minimum atomic E-state index is -1.91. The highest BCUT2D eigenvalue weighted by atomic mass is 35.5. The minimum absolute atomic E-state index is 0.306. The molecule has 0 fully saturated rings. The third-order valence-corrected chi connectivity index (χ3v) is 5.14. The number of nitrogens with zero attached hydrogens (tertiary/aromatic N) is 4. The fourth-order valence-corrected chi connectivity index (χ4v) is 3.95. The lowest BCUT2D eigenvalue weighted by atomic mass is 10.1. The van der Waals surface area contributed by atoms with Gasteiger partial charge in [0, 0.05) is 29.3 Å². The first kappa shape index (κ1) is 19.5. The van der Waals surface area contributed by atoms with Crippen LogP contribution >= 0.6 is 11.6 Å². The van der Waals surface area contributed by atoms with Crippen LogP contribution in [0.2, 0.25) is 24.7 Å². The highest BCUT2D eigenvalue weighted by Crippen LogP contribution is 2.29. The molecule has 0 N–H and O–H groups in total. The van der Waals surface area contributed by atoms with E-state index in [1.165, 1.54) is 0 Å². The molecule has 3 aromatic rings. The van der Waals surface area contributed by atoms with Crippen molar-refractivity contribution in [3.05, 3.63) is 52.9 Å². The predicted molar refractivity (Wildman–Crippen MR) is 107 cm³/mol. The molecule has 0 saturated heterocycles. The molecule has 0 spiro atoms. The lowest BCUT2D eigenvalue weighted by Gasteiger charge is -2.22. The van der Waals surface area contributed by atoms with Crippen LogP contribution in [0.1, 0.15) is 17.4 Å². The molecule has 0 radical (unpaired) electrons. The van der Waals surface area contributed by atoms with Crippen molar-refractivity contribution < 1.29 is 9.16 Å². The molecule has 27 heavy (non-hydrogen) atoms. The summed E-state index contributed by atoms with van der Waals surface area (Å²) in [6.45, 7) is 6.47. The van der Waals surface area contributed by atoms with Gasteiger partial charge < -0.3 is 9.16 Å². The summed E-state index contributed by atoms with van der Waals surface area (Å²) < 4.78 is 13.2. The number of benzene rings is 1. The molecule has 2 heterocycles. The topological polar surface area (TPSA) is 73.0 Å². The molecular formula is C19H21ClN4O2Si. The largest absolute Gasteiger partial charge is 0.399 e. The molecule has 0 bridgehead atoms. The second-order valence-electron chi connectivity index (χ2n) is 7.12. The average Bonchev–Trinajstić information content (AvgIpc) is 3.02. The van der Waals surface area contributed by atoms with Gasteiger partial charge in [-0.05, 0) is 43.9 Å². The van der Waals surface area contributed by atoms with Crippen molar-refractivity contribution in [1.82, 2.24) is 14.8 Å². The SMILES string of the molecule is COCc1c(C(C#N)O[Si](C)(C)C)cnn1-c1ccnc2cc(Cl)ccc12. The maximum Gasteiger partial charge on any atom is 0.186 e. The smallest absolute Gasteiger partial charge is 0.186 e. The number of fused-ring (bicyclic) bond motifs is 1. The van der Waals surface area contributed by atoms with E-state index in [1.54, 1.807) is 24.2 Å². The van der Waals surface area contributed by atoms with Crippen LogP contribution in [0, 0.1) is 11.3 Å². The van der Waals surface area contributed by atoms with Crippen molar-refractivity contribution in [2.75, 3.05) is 7.11 Å². The Hall–Kier alpha value is -2.24. The normalized spacial score (nSPS) is 12.9. The summed E-state index contributed by atoms with van der Waals surface area (Å²) in [4.78, 5) is 4.38. The molecule has 0 aliphatic rings. The monoisotopic (exact) mass is 400 g/mol. The van der Waals surface area contributed by atoms with Crippen LogP contribution in [0.25, 0.3) is 16.6 Å². The fraction of sp³-hybridized carbons (Fsp3) is 0.316. The second kappa shape index (κ2) is 7.78. The Bertz CT molecular complexity index is 1010. The lowest BCUT2D eigenvalue weighted by Crippen LogP contribution is -2.27. The standard InChI is InChI=1S/C19H21ClN4O2Si/c1-25-12-18-15(19(10-21)26-27(2,3)4)11-23-24(18)17-7-8-22-16-9-13(20)5-6-14(16)17/h5-9,11,19H,12H2,1-4H3. The van der Waals surface area contributed by atoms with Gasteiger partial charge in [-0.25, -0.2) is 4.68 Å². The Balaban J connectivity index is 2.15. The van der Waals surface area contributed by atoms with E-state index in [4.69, 9.17) is 20.8 Å². The zero-order chi connectivity index (χ0) is 19.6. The molecule has 1 aromatic carbocycles. The first-order valence-corrected chi connectivity index (χ1v) is 12.3. The van der Waals surface area contributed by atoms with Gasteiger partial charge in [-0.1, -0.05) is 11.6 Å². The van der Waals surface area contributed by atoms with E-state index in [0.717, 1.165) is 27.8 Å². The van der Waals surface area contributed by atoms with E-state index in [1.807, 2.05) is 24.3 Å². The summed E-state index contributed by atoms with van der Waals surface area (Å²) in [5, 5.41) is 15.7. The highest BCUT2D eigenvalue weighted by Gasteiger charge is 2.27. The number of nitriles is 1. The van der Waals surface area contributed by atoms with Crippen LogP contribution in [0.5, 0.6) is 0 Å². The van der Waals surface area contributed by atoms with Gasteiger partial charge in [-0.2, -0.15) is 10.4 Å². The molecule has 2 aromatic heterocycles.